The molecule has 8 nitrogen and oxygen atoms in total. The molecule has 0 aliphatic carbocycles. The van der Waals surface area contributed by atoms with Gasteiger partial charge in [-0.2, -0.15) is 0 Å². The Hall–Kier alpha value is -1.77. The smallest absolute Gasteiger partial charge is 0.244 e. The summed E-state index contributed by atoms with van der Waals surface area (Å²) in [7, 11) is 0. The van der Waals surface area contributed by atoms with E-state index in [0.29, 0.717) is 0 Å². The lowest BCUT2D eigenvalue weighted by Crippen LogP contribution is -2.42. The number of aromatic amines is 1. The van der Waals surface area contributed by atoms with Crippen molar-refractivity contribution in [3.8, 4) is 11.3 Å². The van der Waals surface area contributed by atoms with Crippen LogP contribution in [0.15, 0.2) is 6.33 Å². The van der Waals surface area contributed by atoms with Gasteiger partial charge in [0.1, 0.15) is 23.4 Å². The van der Waals surface area contributed by atoms with E-state index in [0.717, 1.165) is 0 Å². The number of aliphatic hydroxyl groups excluding tert-OH is 2. The van der Waals surface area contributed by atoms with Crippen LogP contribution in [0.4, 0.5) is 10.3 Å². The number of hydrogen-bond donors (Lipinski definition) is 4. The van der Waals surface area contributed by atoms with Gasteiger partial charge in [0.25, 0.3) is 0 Å². The molecular formula is C12H11ClFN5O3S. The normalized spacial score (nSPS) is 30.3. The Morgan fingerprint density at radius 2 is 2.39 bits per heavy atom. The zero-order valence-electron chi connectivity index (χ0n) is 11.4. The van der Waals surface area contributed by atoms with Gasteiger partial charge in [-0.3, -0.25) is 4.57 Å². The molecule has 3 heterocycles. The number of rotatable bonds is 2. The number of anilines is 1. The minimum Gasteiger partial charge on any atom is -0.394 e. The number of aliphatic hydroxyl groups is 2. The van der Waals surface area contributed by atoms with E-state index in [-0.39, 0.29) is 21.8 Å². The highest BCUT2D eigenvalue weighted by molar-refractivity contribution is 7.71. The molecule has 122 valence electrons. The largest absolute Gasteiger partial charge is 0.394 e. The summed E-state index contributed by atoms with van der Waals surface area (Å²) in [6.07, 6.45) is -3.05. The molecule has 1 aliphatic heterocycles. The van der Waals surface area contributed by atoms with Crippen LogP contribution in [0.25, 0.3) is 11.2 Å². The SMILES string of the molecule is Nc1nc(=S)c2ncn([C@@H]3O[C@H](CO)C(O)[C@]3(F)C#CCl)c2[nH]1. The van der Waals surface area contributed by atoms with Crippen LogP contribution in [0.2, 0.25) is 0 Å². The van der Waals surface area contributed by atoms with Gasteiger partial charge < -0.3 is 25.7 Å². The van der Waals surface area contributed by atoms with Gasteiger partial charge in [0.2, 0.25) is 5.67 Å². The number of nitrogen functional groups attached to an aromatic ring is 1. The number of alkyl halides is 1. The Bertz CT molecular complexity index is 877. The summed E-state index contributed by atoms with van der Waals surface area (Å²) in [6.45, 7) is -0.598. The predicted octanol–water partition coefficient (Wildman–Crippen LogP) is 0.230. The molecule has 0 saturated carbocycles. The lowest BCUT2D eigenvalue weighted by molar-refractivity contribution is -0.0504. The Morgan fingerprint density at radius 1 is 1.65 bits per heavy atom. The number of halogens is 2. The average Bonchev–Trinajstić information content (AvgIpc) is 3.01. The molecule has 11 heteroatoms. The van der Waals surface area contributed by atoms with Crippen molar-refractivity contribution in [2.75, 3.05) is 12.3 Å². The first-order chi connectivity index (χ1) is 10.9. The molecule has 2 aromatic heterocycles. The second-order valence-corrected chi connectivity index (χ2v) is 5.49. The second kappa shape index (κ2) is 5.70. The van der Waals surface area contributed by atoms with Crippen LogP contribution < -0.4 is 5.73 Å². The fraction of sp³-hybridized carbons (Fsp3) is 0.417. The topological polar surface area (TPSA) is 122 Å². The van der Waals surface area contributed by atoms with Gasteiger partial charge in [0.15, 0.2) is 16.8 Å². The van der Waals surface area contributed by atoms with E-state index in [1.807, 2.05) is 5.38 Å². The van der Waals surface area contributed by atoms with Crippen LogP contribution in [-0.4, -0.2) is 54.2 Å². The number of hydrogen-bond acceptors (Lipinski definition) is 7. The minimum atomic E-state index is -2.56. The highest BCUT2D eigenvalue weighted by Gasteiger charge is 2.57. The molecule has 2 aromatic rings. The first kappa shape index (κ1) is 16.1. The molecule has 4 atom stereocenters. The summed E-state index contributed by atoms with van der Waals surface area (Å²) in [5, 5.41) is 21.2. The van der Waals surface area contributed by atoms with E-state index >= 15 is 4.39 Å². The summed E-state index contributed by atoms with van der Waals surface area (Å²) < 4.78 is 22.0. The van der Waals surface area contributed by atoms with Gasteiger partial charge in [-0.05, 0) is 17.5 Å². The number of H-pyrrole nitrogens is 1. The standard InChI is InChI=1S/C12H11ClFN5O3S/c13-2-1-12(14)7(21)5(3-20)22-10(12)19-4-16-6-8(19)17-11(15)18-9(6)23/h4-5,7,10,20-21H,3H2,(H3,15,17,18,23)/t5-,7?,10-,12-/m1/s1. The number of nitrogens with one attached hydrogen (secondary N) is 1. The van der Waals surface area contributed by atoms with Crippen LogP contribution >= 0.6 is 23.8 Å². The summed E-state index contributed by atoms with van der Waals surface area (Å²) in [5.41, 5.74) is 3.58. The molecule has 1 unspecified atom stereocenters. The third kappa shape index (κ3) is 2.37. The molecule has 0 radical (unpaired) electrons. The van der Waals surface area contributed by atoms with Crippen molar-refractivity contribution >= 4 is 40.9 Å². The van der Waals surface area contributed by atoms with Crippen LogP contribution in [0.1, 0.15) is 6.23 Å². The maximum absolute atomic E-state index is 15.2. The summed E-state index contributed by atoms with van der Waals surface area (Å²) in [5.74, 6) is 2.10. The van der Waals surface area contributed by atoms with Crippen LogP contribution in [0, 0.1) is 15.9 Å². The van der Waals surface area contributed by atoms with Gasteiger partial charge >= 0.3 is 0 Å². The Balaban J connectivity index is 2.20. The van der Waals surface area contributed by atoms with Gasteiger partial charge in [-0.25, -0.2) is 14.4 Å². The van der Waals surface area contributed by atoms with Crippen LogP contribution in [0.3, 0.4) is 0 Å². The van der Waals surface area contributed by atoms with E-state index in [4.69, 9.17) is 34.3 Å². The van der Waals surface area contributed by atoms with Crippen molar-refractivity contribution in [3.05, 3.63) is 11.0 Å². The fourth-order valence-corrected chi connectivity index (χ4v) is 2.90. The van der Waals surface area contributed by atoms with E-state index in [9.17, 15) is 10.2 Å². The Kier molecular flexibility index (Phi) is 3.99. The maximum Gasteiger partial charge on any atom is 0.244 e. The van der Waals surface area contributed by atoms with Gasteiger partial charge in [-0.15, -0.1) is 0 Å². The maximum atomic E-state index is 15.2. The molecule has 23 heavy (non-hydrogen) atoms. The monoisotopic (exact) mass is 359 g/mol. The van der Waals surface area contributed by atoms with Crippen molar-refractivity contribution in [3.63, 3.8) is 0 Å². The van der Waals surface area contributed by atoms with Crippen LogP contribution in [-0.2, 0) is 4.74 Å². The third-order valence-corrected chi connectivity index (χ3v) is 3.96. The number of nitrogens with zero attached hydrogens (tertiary/aromatic N) is 3. The van der Waals surface area contributed by atoms with Crippen molar-refractivity contribution in [1.29, 1.82) is 0 Å². The van der Waals surface area contributed by atoms with E-state index in [1.54, 1.807) is 0 Å². The fourth-order valence-electron chi connectivity index (χ4n) is 2.51. The third-order valence-electron chi connectivity index (χ3n) is 3.58. The number of imidazole rings is 1. The molecule has 0 spiro atoms. The molecule has 1 aliphatic rings. The minimum absolute atomic E-state index is 0.00869. The zero-order chi connectivity index (χ0) is 16.8. The zero-order valence-corrected chi connectivity index (χ0v) is 13.0. The van der Waals surface area contributed by atoms with Gasteiger partial charge in [0, 0.05) is 5.38 Å². The van der Waals surface area contributed by atoms with Gasteiger partial charge in [-0.1, -0.05) is 12.2 Å². The lowest BCUT2D eigenvalue weighted by Gasteiger charge is -2.23. The second-order valence-electron chi connectivity index (χ2n) is 4.92. The highest BCUT2D eigenvalue weighted by Crippen LogP contribution is 2.42. The van der Waals surface area contributed by atoms with Crippen molar-refractivity contribution in [2.45, 2.75) is 24.1 Å². The Morgan fingerprint density at radius 3 is 3.04 bits per heavy atom. The molecule has 0 amide bonds. The van der Waals surface area contributed by atoms with Crippen LogP contribution in [0.5, 0.6) is 0 Å². The van der Waals surface area contributed by atoms with E-state index in [1.165, 1.54) is 10.9 Å². The molecule has 5 N–H and O–H groups in total. The average molecular weight is 360 g/mol. The first-order valence-corrected chi connectivity index (χ1v) is 7.19. The molecule has 1 fully saturated rings. The molecule has 0 bridgehead atoms. The van der Waals surface area contributed by atoms with Crippen molar-refractivity contribution in [2.24, 2.45) is 0 Å². The Labute approximate surface area is 139 Å². The molecule has 1 saturated heterocycles. The van der Waals surface area contributed by atoms with Crippen molar-refractivity contribution in [1.82, 2.24) is 19.5 Å². The predicted molar refractivity (Wildman–Crippen MR) is 81.6 cm³/mol. The number of ether oxygens (including phenoxy) is 1. The molecule has 0 aromatic carbocycles. The van der Waals surface area contributed by atoms with Crippen molar-refractivity contribution < 1.29 is 19.3 Å². The van der Waals surface area contributed by atoms with E-state index < -0.39 is 30.7 Å². The summed E-state index contributed by atoms with van der Waals surface area (Å²) in [6, 6.07) is 0. The number of nitrogens with two attached hydrogens (primary N) is 1. The molecule has 3 rings (SSSR count). The number of fused-ring (bicyclic) bond motifs is 1. The van der Waals surface area contributed by atoms with E-state index in [2.05, 4.69) is 20.9 Å². The number of aromatic nitrogens is 4. The summed E-state index contributed by atoms with van der Waals surface area (Å²) >= 11 is 10.4. The first-order valence-electron chi connectivity index (χ1n) is 6.40. The highest BCUT2D eigenvalue weighted by atomic mass is 35.5. The quantitative estimate of drug-likeness (QED) is 0.447. The summed E-state index contributed by atoms with van der Waals surface area (Å²) in [4.78, 5) is 10.6. The lowest BCUT2D eigenvalue weighted by atomic mass is 9.97. The molecular weight excluding hydrogens is 349 g/mol. The van der Waals surface area contributed by atoms with Gasteiger partial charge in [0.05, 0.1) is 12.9 Å².